The van der Waals surface area contributed by atoms with Crippen molar-refractivity contribution in [1.82, 2.24) is 51.1 Å². The zero-order valence-corrected chi connectivity index (χ0v) is 44.9. The normalized spacial score (nSPS) is 18.1. The van der Waals surface area contributed by atoms with Crippen LogP contribution in [0.15, 0.2) is 85.6 Å². The van der Waals surface area contributed by atoms with E-state index in [9.17, 15) is 32.3 Å². The molecule has 0 bridgehead atoms. The molecule has 7 aromatic rings. The third-order valence-corrected chi connectivity index (χ3v) is 12.2. The number of amides is 3. The molecule has 3 aliphatic rings. The summed E-state index contributed by atoms with van der Waals surface area (Å²) in [5.41, 5.74) is 9.90. The van der Waals surface area contributed by atoms with Gasteiger partial charge in [0, 0.05) is 84.4 Å². The average molecular weight is 1040 g/mol. The Morgan fingerprint density at radius 3 is 1.87 bits per heavy atom. The first kappa shape index (κ1) is 58.9. The number of allylic oxidation sites excluding steroid dienone is 2. The molecule has 2 unspecified atom stereocenters. The van der Waals surface area contributed by atoms with Gasteiger partial charge in [-0.15, -0.1) is 0 Å². The monoisotopic (exact) mass is 1040 g/mol. The molecule has 10 rings (SSSR count). The van der Waals surface area contributed by atoms with E-state index in [1.54, 1.807) is 24.7 Å². The molecule has 3 aliphatic heterocycles. The van der Waals surface area contributed by atoms with Crippen molar-refractivity contribution in [3.05, 3.63) is 125 Å². The van der Waals surface area contributed by atoms with Gasteiger partial charge in [0.25, 0.3) is 0 Å². The average Bonchev–Trinajstić information content (AvgIpc) is 4.13. The van der Waals surface area contributed by atoms with Gasteiger partial charge in [0.2, 0.25) is 5.91 Å². The number of nitrogens with one attached hydrogen (secondary N) is 6. The standard InChI is InChI=1S/C18H22FN3O2.C13H16FN3.C13H14FN3.C8H7N3O4.B.Na.H/c1-11-5-6-16(22(10-11)17(23)24-18(2,3)4)13-7-12-9-20-21-15(12)8-14(13)19;2*1-8-2-3-12(15-6-8)10-4-9-7-16-17-13(9)5-11(10)14;9-6(12)4-1-5(3-10-2-4)11-7(13)8(14)15;;;/h6-9,11H,5,10H2,1-4H3,(H,20,21);4-5,7-8,12,15H,2-3,6H2,1H3,(H,16,17);3-5,7-8,15H,2,6H2,1H3,(H,16,17);1-3H,(H2,9,12)(H,11,13)(H,14,15);;;/q;;;;;+1;-1/t;8-,12+;;;;;/m.1...../s1. The first-order chi connectivity index (χ1) is 34.7. The number of halogens is 3. The first-order valence-corrected chi connectivity index (χ1v) is 23.8. The van der Waals surface area contributed by atoms with E-state index >= 15 is 0 Å². The van der Waals surface area contributed by atoms with Crippen LogP contribution in [-0.4, -0.2) is 103 Å². The summed E-state index contributed by atoms with van der Waals surface area (Å²) >= 11 is 0. The summed E-state index contributed by atoms with van der Waals surface area (Å²) in [4.78, 5) is 49.4. The zero-order valence-electron chi connectivity index (χ0n) is 43.9. The number of aromatic amines is 3. The van der Waals surface area contributed by atoms with Gasteiger partial charge < -0.3 is 33.0 Å². The number of primary amides is 1. The van der Waals surface area contributed by atoms with Gasteiger partial charge in [-0.05, 0) is 101 Å². The predicted octanol–water partition coefficient (Wildman–Crippen LogP) is 5.69. The number of nitrogens with zero attached hydrogens (tertiary/aromatic N) is 5. The Morgan fingerprint density at radius 1 is 0.747 bits per heavy atom. The Morgan fingerprint density at radius 2 is 1.32 bits per heavy atom. The molecule has 4 atom stereocenters. The Balaban J connectivity index is 0.000000220. The van der Waals surface area contributed by atoms with Gasteiger partial charge >= 0.3 is 47.5 Å². The topological polar surface area (TPSA) is 262 Å². The molecule has 75 heavy (non-hydrogen) atoms. The number of hydrogen-bond donors (Lipinski definition) is 8. The van der Waals surface area contributed by atoms with Gasteiger partial charge in [-0.25, -0.2) is 22.8 Å². The maximum absolute atomic E-state index is 14.6. The van der Waals surface area contributed by atoms with E-state index < -0.39 is 29.5 Å². The fraction of sp³-hybridized carbons (Fsp3) is 0.346. The van der Waals surface area contributed by atoms with E-state index in [1.165, 1.54) is 41.6 Å². The number of H-pyrrole nitrogens is 3. The van der Waals surface area contributed by atoms with Crippen LogP contribution in [-0.2, 0) is 14.3 Å². The SMILES string of the molecule is CC1CC=C(c2cc3cn[nH]c3cc2F)N(C(=O)OC(C)(C)C)C1.CC1CC=C(c2cc3cn[nH]c3cc2F)NC1.C[C@@H]1CC[C@@H](c2cc3cn[nH]c3cc2F)NC1.NC(=O)c1cncc(NC(=O)C(=O)O)c1.[B].[H-].[Na+]. The number of carboxylic acid groups (broad SMARTS) is 1. The van der Waals surface area contributed by atoms with E-state index in [0.29, 0.717) is 46.6 Å². The van der Waals surface area contributed by atoms with Crippen molar-refractivity contribution < 1.29 is 73.2 Å². The summed E-state index contributed by atoms with van der Waals surface area (Å²) in [7, 11) is 0. The second kappa shape index (κ2) is 26.0. The van der Waals surface area contributed by atoms with Crippen LogP contribution in [0.4, 0.5) is 23.7 Å². The molecule has 3 radical (unpaired) electrons. The molecule has 9 N–H and O–H groups in total. The van der Waals surface area contributed by atoms with Crippen molar-refractivity contribution in [1.29, 1.82) is 0 Å². The Kier molecular flexibility index (Phi) is 20.4. The number of ether oxygens (including phenoxy) is 1. The molecule has 1 saturated heterocycles. The van der Waals surface area contributed by atoms with E-state index in [0.717, 1.165) is 77.2 Å². The van der Waals surface area contributed by atoms with Crippen LogP contribution in [0.3, 0.4) is 0 Å². The van der Waals surface area contributed by atoms with Gasteiger partial charge in [0.05, 0.1) is 58.3 Å². The number of nitrogens with two attached hydrogens (primary N) is 1. The Hall–Kier alpha value is -7.01. The van der Waals surface area contributed by atoms with Crippen LogP contribution in [0, 0.1) is 35.2 Å². The molecule has 7 heterocycles. The van der Waals surface area contributed by atoms with Crippen molar-refractivity contribution in [2.45, 2.75) is 78.9 Å². The van der Waals surface area contributed by atoms with Crippen LogP contribution in [0.25, 0.3) is 44.1 Å². The number of aromatic nitrogens is 7. The van der Waals surface area contributed by atoms with Gasteiger partial charge in [-0.3, -0.25) is 34.8 Å². The fourth-order valence-electron chi connectivity index (χ4n) is 8.29. The number of fused-ring (bicyclic) bond motifs is 3. The number of hydrogen-bond acceptors (Lipinski definition) is 11. The first-order valence-electron chi connectivity index (χ1n) is 23.8. The van der Waals surface area contributed by atoms with E-state index in [2.05, 4.69) is 73.1 Å². The van der Waals surface area contributed by atoms with Crippen molar-refractivity contribution >= 4 is 82.1 Å². The minimum Gasteiger partial charge on any atom is -1.00 e. The largest absolute Gasteiger partial charge is 1.00 e. The van der Waals surface area contributed by atoms with Crippen LogP contribution in [0.5, 0.6) is 0 Å². The molecule has 23 heteroatoms. The number of benzene rings is 3. The van der Waals surface area contributed by atoms with E-state index in [1.807, 2.05) is 44.3 Å². The number of pyridine rings is 1. The van der Waals surface area contributed by atoms with Gasteiger partial charge in [-0.2, -0.15) is 15.3 Å². The number of anilines is 1. The van der Waals surface area contributed by atoms with E-state index in [4.69, 9.17) is 15.6 Å². The maximum atomic E-state index is 14.6. The van der Waals surface area contributed by atoms with Crippen LogP contribution in [0.1, 0.15) is 102 Å². The Labute approximate surface area is 456 Å². The molecule has 0 saturated carbocycles. The van der Waals surface area contributed by atoms with Gasteiger partial charge in [0.1, 0.15) is 23.1 Å². The minimum absolute atomic E-state index is 0. The third kappa shape index (κ3) is 15.5. The molecular weight excluding hydrogens is 979 g/mol. The van der Waals surface area contributed by atoms with E-state index in [-0.39, 0.29) is 74.1 Å². The molecule has 0 spiro atoms. The fourth-order valence-corrected chi connectivity index (χ4v) is 8.29. The second-order valence-electron chi connectivity index (χ2n) is 19.5. The van der Waals surface area contributed by atoms with Crippen LogP contribution < -0.4 is 51.2 Å². The molecular formula is C52H60BF3N12NaO6. The smallest absolute Gasteiger partial charge is 1.00 e. The number of piperidine rings is 1. The van der Waals surface area contributed by atoms with Crippen molar-refractivity contribution in [2.24, 2.45) is 23.5 Å². The number of carboxylic acids is 1. The van der Waals surface area contributed by atoms with Crippen molar-refractivity contribution in [2.75, 3.05) is 25.0 Å². The number of carbonyl (C=O) groups is 4. The molecule has 3 amide bonds. The summed E-state index contributed by atoms with van der Waals surface area (Å²) in [5.74, 6) is -2.70. The van der Waals surface area contributed by atoms with Gasteiger partial charge in [0.15, 0.2) is 0 Å². The summed E-state index contributed by atoms with van der Waals surface area (Å²) in [6, 6.07) is 11.3. The van der Waals surface area contributed by atoms with Crippen LogP contribution in [0.2, 0.25) is 0 Å². The third-order valence-electron chi connectivity index (χ3n) is 12.2. The van der Waals surface area contributed by atoms with Crippen LogP contribution >= 0.6 is 0 Å². The zero-order chi connectivity index (χ0) is 52.6. The molecule has 4 aromatic heterocycles. The summed E-state index contributed by atoms with van der Waals surface area (Å²) in [6.45, 7) is 14.3. The molecule has 3 aromatic carbocycles. The Bertz CT molecular complexity index is 3210. The number of aliphatic carboxylic acids is 1. The summed E-state index contributed by atoms with van der Waals surface area (Å²) < 4.78 is 48.0. The second-order valence-corrected chi connectivity index (χ2v) is 19.5. The van der Waals surface area contributed by atoms with Gasteiger partial charge in [-0.1, -0.05) is 32.9 Å². The van der Waals surface area contributed by atoms with Crippen molar-refractivity contribution in [3.8, 4) is 0 Å². The maximum Gasteiger partial charge on any atom is 1.00 e. The molecule has 18 nitrogen and oxygen atoms in total. The summed E-state index contributed by atoms with van der Waals surface area (Å²) in [6.07, 6.45) is 15.0. The molecule has 0 aliphatic carbocycles. The minimum atomic E-state index is -1.63. The molecule has 1 fully saturated rings. The predicted molar refractivity (Wildman–Crippen MR) is 278 cm³/mol. The number of carbonyl (C=O) groups excluding carboxylic acids is 3. The number of rotatable bonds is 5. The quantitative estimate of drug-likeness (QED) is 0.0764. The molecule has 389 valence electrons. The summed E-state index contributed by atoms with van der Waals surface area (Å²) in [5, 5.41) is 39.8. The van der Waals surface area contributed by atoms with Crippen molar-refractivity contribution in [3.63, 3.8) is 0 Å².